The van der Waals surface area contributed by atoms with E-state index < -0.39 is 18.2 Å². The van der Waals surface area contributed by atoms with Gasteiger partial charge >= 0.3 is 12.1 Å². The number of unbranched alkanes of at least 4 members (excludes halogenated alkanes) is 1. The van der Waals surface area contributed by atoms with Gasteiger partial charge in [-0.15, -0.1) is 12.4 Å². The molecule has 1 aliphatic heterocycles. The topological polar surface area (TPSA) is 111 Å². The molecule has 3 N–H and O–H groups in total. The van der Waals surface area contributed by atoms with Gasteiger partial charge in [0.1, 0.15) is 0 Å². The summed E-state index contributed by atoms with van der Waals surface area (Å²) >= 11 is 0. The van der Waals surface area contributed by atoms with Crippen LogP contribution >= 0.6 is 12.4 Å². The number of piperazine rings is 1. The maximum atomic E-state index is 12.4. The molecular formula is C16H30ClN3O5. The van der Waals surface area contributed by atoms with Crippen LogP contribution in [0.4, 0.5) is 4.79 Å². The van der Waals surface area contributed by atoms with Crippen LogP contribution in [0.5, 0.6) is 0 Å². The molecule has 1 unspecified atom stereocenters. The second-order valence-corrected chi connectivity index (χ2v) is 5.77. The second-order valence-electron chi connectivity index (χ2n) is 5.77. The number of nitrogens with zero attached hydrogens (tertiary/aromatic N) is 1. The molecule has 0 aromatic carbocycles. The SMILES string of the molecule is CCCCOC(=O)N1CCNC(C(=O)[C@@H](N)CCC(=O)OCC)C1.Cl. The molecule has 2 atom stereocenters. The summed E-state index contributed by atoms with van der Waals surface area (Å²) in [5.41, 5.74) is 5.88. The van der Waals surface area contributed by atoms with Gasteiger partial charge in [0.2, 0.25) is 0 Å². The van der Waals surface area contributed by atoms with Crippen LogP contribution in [0.25, 0.3) is 0 Å². The molecule has 1 rings (SSSR count). The third-order valence-electron chi connectivity index (χ3n) is 3.83. The number of amides is 1. The Kier molecular flexibility index (Phi) is 12.2. The van der Waals surface area contributed by atoms with Crippen LogP contribution in [0.3, 0.4) is 0 Å². The summed E-state index contributed by atoms with van der Waals surface area (Å²) in [7, 11) is 0. The minimum atomic E-state index is -0.761. The van der Waals surface area contributed by atoms with E-state index in [9.17, 15) is 14.4 Å². The van der Waals surface area contributed by atoms with Crippen LogP contribution in [0.1, 0.15) is 39.5 Å². The van der Waals surface area contributed by atoms with Crippen molar-refractivity contribution in [2.45, 2.75) is 51.6 Å². The molecule has 146 valence electrons. The Hall–Kier alpha value is -1.38. The smallest absolute Gasteiger partial charge is 0.409 e. The van der Waals surface area contributed by atoms with Gasteiger partial charge in [0.05, 0.1) is 25.3 Å². The fourth-order valence-corrected chi connectivity index (χ4v) is 2.41. The lowest BCUT2D eigenvalue weighted by Gasteiger charge is -2.33. The van der Waals surface area contributed by atoms with Crippen molar-refractivity contribution in [1.82, 2.24) is 10.2 Å². The number of ether oxygens (including phenoxy) is 2. The number of Topliss-reactive ketones (excluding diaryl/α,β-unsaturated/α-hetero) is 1. The quantitative estimate of drug-likeness (QED) is 0.451. The number of hydrogen-bond donors (Lipinski definition) is 2. The van der Waals surface area contributed by atoms with Crippen molar-refractivity contribution in [1.29, 1.82) is 0 Å². The summed E-state index contributed by atoms with van der Waals surface area (Å²) in [5, 5.41) is 3.07. The summed E-state index contributed by atoms with van der Waals surface area (Å²) in [6.45, 7) is 5.67. The van der Waals surface area contributed by atoms with E-state index in [0.717, 1.165) is 12.8 Å². The molecule has 0 radical (unpaired) electrons. The molecule has 25 heavy (non-hydrogen) atoms. The van der Waals surface area contributed by atoms with E-state index in [1.54, 1.807) is 6.92 Å². The largest absolute Gasteiger partial charge is 0.466 e. The second kappa shape index (κ2) is 12.9. The first-order valence-corrected chi connectivity index (χ1v) is 8.59. The van der Waals surface area contributed by atoms with E-state index in [1.165, 1.54) is 4.90 Å². The Balaban J connectivity index is 0.00000576. The van der Waals surface area contributed by atoms with Gasteiger partial charge in [0.25, 0.3) is 0 Å². The van der Waals surface area contributed by atoms with Crippen molar-refractivity contribution >= 4 is 30.3 Å². The number of halogens is 1. The molecular weight excluding hydrogens is 350 g/mol. The molecule has 0 bridgehead atoms. The molecule has 1 aliphatic rings. The fourth-order valence-electron chi connectivity index (χ4n) is 2.41. The molecule has 0 saturated carbocycles. The van der Waals surface area contributed by atoms with Crippen LogP contribution in [-0.2, 0) is 19.1 Å². The van der Waals surface area contributed by atoms with E-state index >= 15 is 0 Å². The molecule has 9 heteroatoms. The van der Waals surface area contributed by atoms with Crippen LogP contribution in [0.15, 0.2) is 0 Å². The first-order chi connectivity index (χ1) is 11.5. The Morgan fingerprint density at radius 1 is 1.28 bits per heavy atom. The molecule has 1 heterocycles. The Labute approximate surface area is 155 Å². The Morgan fingerprint density at radius 3 is 2.64 bits per heavy atom. The maximum Gasteiger partial charge on any atom is 0.409 e. The first kappa shape index (κ1) is 23.6. The summed E-state index contributed by atoms with van der Waals surface area (Å²) in [5.74, 6) is -0.566. The van der Waals surface area contributed by atoms with Crippen molar-refractivity contribution in [3.05, 3.63) is 0 Å². The highest BCUT2D eigenvalue weighted by molar-refractivity contribution is 5.90. The molecule has 8 nitrogen and oxygen atoms in total. The third kappa shape index (κ3) is 8.51. The lowest BCUT2D eigenvalue weighted by molar-refractivity contribution is -0.143. The third-order valence-corrected chi connectivity index (χ3v) is 3.83. The van der Waals surface area contributed by atoms with Gasteiger partial charge in [-0.1, -0.05) is 13.3 Å². The van der Waals surface area contributed by atoms with Gasteiger partial charge in [-0.05, 0) is 19.8 Å². The molecule has 0 aromatic heterocycles. The van der Waals surface area contributed by atoms with Crippen molar-refractivity contribution in [2.24, 2.45) is 5.73 Å². The Morgan fingerprint density at radius 2 is 2.00 bits per heavy atom. The monoisotopic (exact) mass is 379 g/mol. The summed E-state index contributed by atoms with van der Waals surface area (Å²) in [4.78, 5) is 37.2. The first-order valence-electron chi connectivity index (χ1n) is 8.59. The van der Waals surface area contributed by atoms with Gasteiger partial charge in [-0.2, -0.15) is 0 Å². The number of carbonyl (C=O) groups is 3. The molecule has 0 aromatic rings. The zero-order valence-electron chi connectivity index (χ0n) is 15.0. The van der Waals surface area contributed by atoms with Crippen LogP contribution < -0.4 is 11.1 Å². The van der Waals surface area contributed by atoms with Gasteiger partial charge in [0.15, 0.2) is 5.78 Å². The molecule has 1 saturated heterocycles. The highest BCUT2D eigenvalue weighted by Gasteiger charge is 2.31. The van der Waals surface area contributed by atoms with Crippen molar-refractivity contribution in [3.8, 4) is 0 Å². The van der Waals surface area contributed by atoms with Crippen LogP contribution in [0.2, 0.25) is 0 Å². The molecule has 1 amide bonds. The minimum Gasteiger partial charge on any atom is -0.466 e. The number of hydrogen-bond acceptors (Lipinski definition) is 7. The lowest BCUT2D eigenvalue weighted by atomic mass is 10.00. The highest BCUT2D eigenvalue weighted by Crippen LogP contribution is 2.08. The van der Waals surface area contributed by atoms with Crippen molar-refractivity contribution in [2.75, 3.05) is 32.8 Å². The number of carbonyl (C=O) groups excluding carboxylic acids is 3. The highest BCUT2D eigenvalue weighted by atomic mass is 35.5. The van der Waals surface area contributed by atoms with Gasteiger partial charge in [-0.3, -0.25) is 9.59 Å². The van der Waals surface area contributed by atoms with Crippen LogP contribution in [0, 0.1) is 0 Å². The van der Waals surface area contributed by atoms with Gasteiger partial charge < -0.3 is 25.4 Å². The maximum absolute atomic E-state index is 12.4. The number of nitrogens with two attached hydrogens (primary N) is 1. The van der Waals surface area contributed by atoms with E-state index in [1.807, 2.05) is 6.92 Å². The zero-order chi connectivity index (χ0) is 17.9. The van der Waals surface area contributed by atoms with Crippen molar-refractivity contribution < 1.29 is 23.9 Å². The Bertz CT molecular complexity index is 436. The molecule has 0 aliphatic carbocycles. The lowest BCUT2D eigenvalue weighted by Crippen LogP contribution is -2.58. The number of nitrogens with one attached hydrogen (secondary N) is 1. The minimum absolute atomic E-state index is 0. The number of ketones is 1. The predicted octanol–water partition coefficient (Wildman–Crippen LogP) is 0.858. The van der Waals surface area contributed by atoms with Gasteiger partial charge in [-0.25, -0.2) is 4.79 Å². The summed E-state index contributed by atoms with van der Waals surface area (Å²) in [6, 6.07) is -1.29. The van der Waals surface area contributed by atoms with Crippen LogP contribution in [-0.4, -0.2) is 67.7 Å². The number of rotatable bonds is 9. The zero-order valence-corrected chi connectivity index (χ0v) is 15.8. The average molecular weight is 380 g/mol. The van der Waals surface area contributed by atoms with E-state index in [0.29, 0.717) is 26.3 Å². The van der Waals surface area contributed by atoms with E-state index in [2.05, 4.69) is 5.32 Å². The standard InChI is InChI=1S/C16H29N3O5.ClH/c1-3-5-10-24-16(22)19-9-8-18-13(11-19)15(21)12(17)6-7-14(20)23-4-2;/h12-13,18H,3-11,17H2,1-2H3;1H/t12-,13?;/m0./s1. The molecule has 0 spiro atoms. The summed E-state index contributed by atoms with van der Waals surface area (Å²) < 4.78 is 9.99. The van der Waals surface area contributed by atoms with E-state index in [-0.39, 0.29) is 43.5 Å². The fraction of sp³-hybridized carbons (Fsp3) is 0.812. The van der Waals surface area contributed by atoms with E-state index in [4.69, 9.17) is 15.2 Å². The number of esters is 1. The predicted molar refractivity (Wildman–Crippen MR) is 95.7 cm³/mol. The normalized spacial score (nSPS) is 18.0. The van der Waals surface area contributed by atoms with Crippen molar-refractivity contribution in [3.63, 3.8) is 0 Å². The van der Waals surface area contributed by atoms with Gasteiger partial charge in [0, 0.05) is 26.1 Å². The summed E-state index contributed by atoms with van der Waals surface area (Å²) in [6.07, 6.45) is 1.71. The average Bonchev–Trinajstić information content (AvgIpc) is 2.59. The molecule has 1 fully saturated rings.